The van der Waals surface area contributed by atoms with E-state index in [0.717, 1.165) is 11.1 Å². The van der Waals surface area contributed by atoms with Crippen LogP contribution in [0.1, 0.15) is 11.1 Å². The van der Waals surface area contributed by atoms with Gasteiger partial charge in [-0.25, -0.2) is 0 Å². The Balaban J connectivity index is 2.95. The number of fused-ring (bicyclic) bond motifs is 1. The number of nitro benzene ring substituents is 1. The minimum Gasteiger partial charge on any atom is -0.496 e. The molecule has 88 valence electrons. The Hall–Kier alpha value is -2.17. The number of hydrogen-bond donors (Lipinski definition) is 0. The molecule has 0 saturated heterocycles. The van der Waals surface area contributed by atoms with Gasteiger partial charge in [-0.3, -0.25) is 15.1 Å². The van der Waals surface area contributed by atoms with E-state index in [0.29, 0.717) is 16.7 Å². The van der Waals surface area contributed by atoms with Crippen molar-refractivity contribution in [3.05, 3.63) is 39.6 Å². The lowest BCUT2D eigenvalue weighted by Crippen LogP contribution is -1.97. The topological polar surface area (TPSA) is 65.3 Å². The van der Waals surface area contributed by atoms with Crippen molar-refractivity contribution in [3.63, 3.8) is 0 Å². The zero-order valence-corrected chi connectivity index (χ0v) is 9.85. The molecule has 0 radical (unpaired) electrons. The fraction of sp³-hybridized carbons (Fsp3) is 0.250. The lowest BCUT2D eigenvalue weighted by molar-refractivity contribution is -0.385. The van der Waals surface area contributed by atoms with Gasteiger partial charge in [-0.1, -0.05) is 0 Å². The van der Waals surface area contributed by atoms with Crippen molar-refractivity contribution in [3.8, 4) is 5.75 Å². The highest BCUT2D eigenvalue weighted by Crippen LogP contribution is 2.34. The molecule has 1 aromatic heterocycles. The predicted molar refractivity (Wildman–Crippen MR) is 64.4 cm³/mol. The van der Waals surface area contributed by atoms with Gasteiger partial charge in [0.15, 0.2) is 0 Å². The van der Waals surface area contributed by atoms with Crippen molar-refractivity contribution < 1.29 is 9.66 Å². The molecule has 0 spiro atoms. The molecule has 1 aromatic carbocycles. The number of ether oxygens (including phenoxy) is 1. The van der Waals surface area contributed by atoms with Crippen LogP contribution >= 0.6 is 0 Å². The van der Waals surface area contributed by atoms with Crippen molar-refractivity contribution in [2.45, 2.75) is 13.8 Å². The molecule has 0 fully saturated rings. The minimum atomic E-state index is -0.381. The highest BCUT2D eigenvalue weighted by atomic mass is 16.6. The maximum absolute atomic E-state index is 11.0. The number of aromatic nitrogens is 1. The first-order chi connectivity index (χ1) is 8.06. The molecule has 2 rings (SSSR count). The average molecular weight is 232 g/mol. The van der Waals surface area contributed by atoms with E-state index in [2.05, 4.69) is 4.98 Å². The summed E-state index contributed by atoms with van der Waals surface area (Å²) in [6.45, 7) is 3.52. The third-order valence-electron chi connectivity index (χ3n) is 2.82. The maximum atomic E-state index is 11.0. The molecule has 0 N–H and O–H groups in total. The van der Waals surface area contributed by atoms with Crippen LogP contribution in [0.5, 0.6) is 5.75 Å². The van der Waals surface area contributed by atoms with E-state index in [9.17, 15) is 10.1 Å². The highest BCUT2D eigenvalue weighted by Gasteiger charge is 2.18. The van der Waals surface area contributed by atoms with E-state index >= 15 is 0 Å². The Morgan fingerprint density at radius 3 is 2.71 bits per heavy atom. The van der Waals surface area contributed by atoms with Crippen LogP contribution in [-0.2, 0) is 0 Å². The standard InChI is InChI=1S/C12H12N2O3/c1-7-6-9(14(15)16)8(2)11-10(17-3)4-5-13-12(7)11/h4-6H,1-3H3. The smallest absolute Gasteiger partial charge is 0.273 e. The van der Waals surface area contributed by atoms with Crippen molar-refractivity contribution in [1.29, 1.82) is 0 Å². The third kappa shape index (κ3) is 1.69. The van der Waals surface area contributed by atoms with Crippen molar-refractivity contribution >= 4 is 16.6 Å². The molecule has 0 saturated carbocycles. The molecule has 0 aliphatic rings. The Kier molecular flexibility index (Phi) is 2.67. The van der Waals surface area contributed by atoms with Gasteiger partial charge in [-0.2, -0.15) is 0 Å². The van der Waals surface area contributed by atoms with Crippen molar-refractivity contribution in [1.82, 2.24) is 4.98 Å². The van der Waals surface area contributed by atoms with E-state index in [1.165, 1.54) is 0 Å². The van der Waals surface area contributed by atoms with Gasteiger partial charge in [0, 0.05) is 17.8 Å². The minimum absolute atomic E-state index is 0.0984. The quantitative estimate of drug-likeness (QED) is 0.589. The second-order valence-electron chi connectivity index (χ2n) is 3.83. The number of methoxy groups -OCH3 is 1. The number of rotatable bonds is 2. The van der Waals surface area contributed by atoms with Crippen LogP contribution in [0.3, 0.4) is 0 Å². The third-order valence-corrected chi connectivity index (χ3v) is 2.82. The van der Waals surface area contributed by atoms with E-state index in [1.54, 1.807) is 39.3 Å². The van der Waals surface area contributed by atoms with Crippen molar-refractivity contribution in [2.75, 3.05) is 7.11 Å². The van der Waals surface area contributed by atoms with E-state index < -0.39 is 0 Å². The molecule has 0 atom stereocenters. The monoisotopic (exact) mass is 232 g/mol. The van der Waals surface area contributed by atoms with Gasteiger partial charge in [0.05, 0.1) is 22.9 Å². The van der Waals surface area contributed by atoms with Crippen LogP contribution in [0.4, 0.5) is 5.69 Å². The second kappa shape index (κ2) is 4.01. The molecule has 0 aliphatic carbocycles. The van der Waals surface area contributed by atoms with Gasteiger partial charge in [0.25, 0.3) is 5.69 Å². The zero-order chi connectivity index (χ0) is 12.6. The maximum Gasteiger partial charge on any atom is 0.273 e. The number of nitro groups is 1. The summed E-state index contributed by atoms with van der Waals surface area (Å²) in [6.07, 6.45) is 1.64. The molecule has 2 aromatic rings. The first-order valence-corrected chi connectivity index (χ1v) is 5.13. The fourth-order valence-electron chi connectivity index (χ4n) is 1.97. The molecule has 5 heteroatoms. The van der Waals surface area contributed by atoms with E-state index in [4.69, 9.17) is 4.74 Å². The zero-order valence-electron chi connectivity index (χ0n) is 9.85. The molecule has 5 nitrogen and oxygen atoms in total. The summed E-state index contributed by atoms with van der Waals surface area (Å²) >= 11 is 0. The fourth-order valence-corrected chi connectivity index (χ4v) is 1.97. The molecule has 1 heterocycles. The summed E-state index contributed by atoms with van der Waals surface area (Å²) in [5, 5.41) is 11.7. The summed E-state index contributed by atoms with van der Waals surface area (Å²) in [6, 6.07) is 3.25. The lowest BCUT2D eigenvalue weighted by atomic mass is 10.0. The number of aryl methyl sites for hydroxylation is 2. The predicted octanol–water partition coefficient (Wildman–Crippen LogP) is 2.77. The van der Waals surface area contributed by atoms with Gasteiger partial charge in [-0.05, 0) is 25.5 Å². The Morgan fingerprint density at radius 2 is 2.12 bits per heavy atom. The largest absolute Gasteiger partial charge is 0.496 e. The summed E-state index contributed by atoms with van der Waals surface area (Å²) in [4.78, 5) is 14.8. The van der Waals surface area contributed by atoms with E-state index in [-0.39, 0.29) is 10.6 Å². The van der Waals surface area contributed by atoms with Gasteiger partial charge in [0.2, 0.25) is 0 Å². The Bertz CT molecular complexity index is 608. The highest BCUT2D eigenvalue weighted by molar-refractivity contribution is 5.93. The molecule has 0 bridgehead atoms. The van der Waals surface area contributed by atoms with Gasteiger partial charge in [-0.15, -0.1) is 0 Å². The van der Waals surface area contributed by atoms with Crippen LogP contribution in [0, 0.1) is 24.0 Å². The van der Waals surface area contributed by atoms with Crippen LogP contribution < -0.4 is 4.74 Å². The summed E-state index contributed by atoms with van der Waals surface area (Å²) in [5.74, 6) is 0.610. The SMILES string of the molecule is COc1ccnc2c(C)cc([N+](=O)[O-])c(C)c12. The number of benzene rings is 1. The first-order valence-electron chi connectivity index (χ1n) is 5.13. The van der Waals surface area contributed by atoms with E-state index in [1.807, 2.05) is 0 Å². The normalized spacial score (nSPS) is 10.5. The number of nitrogens with zero attached hydrogens (tertiary/aromatic N) is 2. The van der Waals surface area contributed by atoms with Crippen LogP contribution in [0.15, 0.2) is 18.3 Å². The number of pyridine rings is 1. The molecular weight excluding hydrogens is 220 g/mol. The lowest BCUT2D eigenvalue weighted by Gasteiger charge is -2.09. The Labute approximate surface area is 98.2 Å². The van der Waals surface area contributed by atoms with Crippen LogP contribution in [0.2, 0.25) is 0 Å². The number of hydrogen-bond acceptors (Lipinski definition) is 4. The van der Waals surface area contributed by atoms with Crippen LogP contribution in [0.25, 0.3) is 10.9 Å². The van der Waals surface area contributed by atoms with Gasteiger partial charge >= 0.3 is 0 Å². The summed E-state index contributed by atoms with van der Waals surface area (Å²) in [7, 11) is 1.54. The molecule has 17 heavy (non-hydrogen) atoms. The molecule has 0 aliphatic heterocycles. The molecular formula is C12H12N2O3. The van der Waals surface area contributed by atoms with Gasteiger partial charge in [0.1, 0.15) is 5.75 Å². The van der Waals surface area contributed by atoms with Gasteiger partial charge < -0.3 is 4.74 Å². The first kappa shape index (κ1) is 11.3. The average Bonchev–Trinajstić information content (AvgIpc) is 2.32. The summed E-state index contributed by atoms with van der Waals surface area (Å²) in [5.41, 5.74) is 2.20. The van der Waals surface area contributed by atoms with Crippen molar-refractivity contribution in [2.24, 2.45) is 0 Å². The Morgan fingerprint density at radius 1 is 1.41 bits per heavy atom. The van der Waals surface area contributed by atoms with Crippen LogP contribution in [-0.4, -0.2) is 17.0 Å². The summed E-state index contributed by atoms with van der Waals surface area (Å²) < 4.78 is 5.24. The molecule has 0 amide bonds. The molecule has 0 unspecified atom stereocenters. The second-order valence-corrected chi connectivity index (χ2v) is 3.83.